The summed E-state index contributed by atoms with van der Waals surface area (Å²) >= 11 is 0. The maximum Gasteiger partial charge on any atom is 0.191 e. The van der Waals surface area contributed by atoms with E-state index in [4.69, 9.17) is 0 Å². The summed E-state index contributed by atoms with van der Waals surface area (Å²) in [5, 5.41) is 17.2. The Balaban J connectivity index is 0.00000484. The van der Waals surface area contributed by atoms with Crippen molar-refractivity contribution in [2.75, 3.05) is 32.7 Å². The molecule has 0 aromatic rings. The number of aliphatic hydroxyl groups is 1. The third-order valence-electron chi connectivity index (χ3n) is 4.66. The molecule has 0 atom stereocenters. The number of aliphatic imine (C=N–C) groups is 1. The predicted molar refractivity (Wildman–Crippen MR) is 110 cm³/mol. The molecule has 1 rings (SSSR count). The Labute approximate surface area is 159 Å². The highest BCUT2D eigenvalue weighted by Crippen LogP contribution is 2.15. The van der Waals surface area contributed by atoms with Gasteiger partial charge in [-0.15, -0.1) is 24.0 Å². The summed E-state index contributed by atoms with van der Waals surface area (Å²) in [6.07, 6.45) is 5.03. The lowest BCUT2D eigenvalue weighted by atomic mass is 9.98. The zero-order valence-electron chi connectivity index (χ0n) is 15.4. The molecule has 0 radical (unpaired) electrons. The van der Waals surface area contributed by atoms with Gasteiger partial charge in [0.1, 0.15) is 0 Å². The van der Waals surface area contributed by atoms with Gasteiger partial charge in [-0.1, -0.05) is 20.8 Å². The minimum atomic E-state index is -0.674. The summed E-state index contributed by atoms with van der Waals surface area (Å²) in [7, 11) is 0. The zero-order chi connectivity index (χ0) is 16.4. The van der Waals surface area contributed by atoms with E-state index >= 15 is 0 Å². The van der Waals surface area contributed by atoms with Crippen LogP contribution < -0.4 is 10.6 Å². The number of guanidine groups is 1. The van der Waals surface area contributed by atoms with Crippen molar-refractivity contribution < 1.29 is 5.11 Å². The molecular formula is C17H37IN4O. The smallest absolute Gasteiger partial charge is 0.191 e. The molecule has 1 heterocycles. The lowest BCUT2D eigenvalue weighted by molar-refractivity contribution is 0.0417. The summed E-state index contributed by atoms with van der Waals surface area (Å²) in [5.41, 5.74) is -0.674. The molecular weight excluding hydrogens is 403 g/mol. The average molecular weight is 440 g/mol. The van der Waals surface area contributed by atoms with Crippen LogP contribution in [0.15, 0.2) is 4.99 Å². The van der Waals surface area contributed by atoms with Crippen molar-refractivity contribution in [1.82, 2.24) is 15.5 Å². The molecule has 0 unspecified atom stereocenters. The number of nitrogens with one attached hydrogen (secondary N) is 2. The molecule has 1 aliphatic heterocycles. The Bertz CT molecular complexity index is 327. The van der Waals surface area contributed by atoms with E-state index in [2.05, 4.69) is 34.4 Å². The molecule has 0 amide bonds. The van der Waals surface area contributed by atoms with Crippen LogP contribution in [0.25, 0.3) is 0 Å². The molecule has 0 aromatic heterocycles. The van der Waals surface area contributed by atoms with Crippen molar-refractivity contribution in [3.05, 3.63) is 0 Å². The van der Waals surface area contributed by atoms with E-state index in [9.17, 15) is 5.11 Å². The fourth-order valence-electron chi connectivity index (χ4n) is 2.83. The number of likely N-dealkylation sites (tertiary alicyclic amines) is 1. The van der Waals surface area contributed by atoms with Crippen LogP contribution >= 0.6 is 24.0 Å². The Morgan fingerprint density at radius 3 is 2.26 bits per heavy atom. The first-order valence-electron chi connectivity index (χ1n) is 9.06. The van der Waals surface area contributed by atoms with Crippen LogP contribution in [0.2, 0.25) is 0 Å². The maximum atomic E-state index is 10.4. The summed E-state index contributed by atoms with van der Waals surface area (Å²) in [6, 6.07) is 0.488. The van der Waals surface area contributed by atoms with Crippen molar-refractivity contribution in [2.45, 2.75) is 71.4 Å². The molecule has 0 aromatic carbocycles. The van der Waals surface area contributed by atoms with Gasteiger partial charge in [-0.2, -0.15) is 0 Å². The van der Waals surface area contributed by atoms with Crippen molar-refractivity contribution in [3.63, 3.8) is 0 Å². The van der Waals surface area contributed by atoms with Gasteiger partial charge in [-0.25, -0.2) is 0 Å². The molecule has 23 heavy (non-hydrogen) atoms. The van der Waals surface area contributed by atoms with Crippen LogP contribution in [0.1, 0.15) is 59.8 Å². The topological polar surface area (TPSA) is 59.9 Å². The Morgan fingerprint density at radius 2 is 1.78 bits per heavy atom. The molecule has 0 aliphatic carbocycles. The van der Waals surface area contributed by atoms with Crippen LogP contribution in [0, 0.1) is 0 Å². The van der Waals surface area contributed by atoms with E-state index in [-0.39, 0.29) is 24.0 Å². The van der Waals surface area contributed by atoms with Gasteiger partial charge in [0.2, 0.25) is 0 Å². The highest BCUT2D eigenvalue weighted by atomic mass is 127. The second-order valence-corrected chi connectivity index (χ2v) is 6.39. The molecule has 138 valence electrons. The van der Waals surface area contributed by atoms with E-state index in [1.807, 2.05) is 13.8 Å². The lowest BCUT2D eigenvalue weighted by Crippen LogP contribution is -2.49. The van der Waals surface area contributed by atoms with E-state index in [1.54, 1.807) is 0 Å². The molecule has 0 bridgehead atoms. The summed E-state index contributed by atoms with van der Waals surface area (Å²) in [6.45, 7) is 13.2. The van der Waals surface area contributed by atoms with Crippen molar-refractivity contribution in [3.8, 4) is 0 Å². The second-order valence-electron chi connectivity index (χ2n) is 6.39. The molecule has 3 N–H and O–H groups in total. The number of hydrogen-bond acceptors (Lipinski definition) is 3. The Kier molecular flexibility index (Phi) is 12.3. The van der Waals surface area contributed by atoms with Gasteiger partial charge in [-0.05, 0) is 45.6 Å². The second kappa shape index (κ2) is 12.3. The summed E-state index contributed by atoms with van der Waals surface area (Å²) in [5.74, 6) is 0.844. The van der Waals surface area contributed by atoms with Gasteiger partial charge in [0.05, 0.1) is 12.1 Å². The third-order valence-corrected chi connectivity index (χ3v) is 4.66. The Morgan fingerprint density at radius 1 is 1.17 bits per heavy atom. The standard InChI is InChI=1S/C17H36N4O.HI/c1-5-11-21-12-9-15(10-13-21)20-16(18-8-4)19-14-17(22,6-2)7-3;/h15,22H,5-14H2,1-4H3,(H2,18,19,20);1H. The fourth-order valence-corrected chi connectivity index (χ4v) is 2.83. The van der Waals surface area contributed by atoms with Crippen LogP contribution in [-0.2, 0) is 0 Å². The van der Waals surface area contributed by atoms with Crippen molar-refractivity contribution in [1.29, 1.82) is 0 Å². The number of rotatable bonds is 8. The van der Waals surface area contributed by atoms with E-state index in [0.717, 1.165) is 38.2 Å². The quantitative estimate of drug-likeness (QED) is 0.309. The number of hydrogen-bond donors (Lipinski definition) is 3. The molecule has 1 fully saturated rings. The summed E-state index contributed by atoms with van der Waals surface area (Å²) < 4.78 is 0. The first kappa shape index (κ1) is 22.9. The normalized spacial score (nSPS) is 17.7. The van der Waals surface area contributed by atoms with Crippen LogP contribution in [0.3, 0.4) is 0 Å². The minimum absolute atomic E-state index is 0. The highest BCUT2D eigenvalue weighted by Gasteiger charge is 2.23. The first-order valence-corrected chi connectivity index (χ1v) is 9.06. The SMILES string of the molecule is CCCN1CCC(NC(=NCC(O)(CC)CC)NCC)CC1.I. The van der Waals surface area contributed by atoms with Gasteiger partial charge < -0.3 is 20.6 Å². The van der Waals surface area contributed by atoms with Crippen molar-refractivity contribution >= 4 is 29.9 Å². The van der Waals surface area contributed by atoms with Crippen LogP contribution in [-0.4, -0.2) is 60.3 Å². The number of halogens is 1. The lowest BCUT2D eigenvalue weighted by Gasteiger charge is -2.33. The minimum Gasteiger partial charge on any atom is -0.388 e. The maximum absolute atomic E-state index is 10.4. The van der Waals surface area contributed by atoms with Crippen LogP contribution in [0.5, 0.6) is 0 Å². The van der Waals surface area contributed by atoms with Gasteiger partial charge in [0, 0.05) is 25.7 Å². The van der Waals surface area contributed by atoms with Gasteiger partial charge >= 0.3 is 0 Å². The molecule has 6 heteroatoms. The van der Waals surface area contributed by atoms with E-state index in [1.165, 1.54) is 26.1 Å². The molecule has 1 saturated heterocycles. The Hall–Kier alpha value is -0.0800. The fraction of sp³-hybridized carbons (Fsp3) is 0.941. The monoisotopic (exact) mass is 440 g/mol. The predicted octanol–water partition coefficient (Wildman–Crippen LogP) is 2.59. The zero-order valence-corrected chi connectivity index (χ0v) is 17.7. The van der Waals surface area contributed by atoms with Gasteiger partial charge in [0.25, 0.3) is 0 Å². The molecule has 1 aliphatic rings. The average Bonchev–Trinajstić information content (AvgIpc) is 2.54. The molecule has 5 nitrogen and oxygen atoms in total. The summed E-state index contributed by atoms with van der Waals surface area (Å²) in [4.78, 5) is 7.14. The van der Waals surface area contributed by atoms with Crippen molar-refractivity contribution in [2.24, 2.45) is 4.99 Å². The number of piperidine rings is 1. The first-order chi connectivity index (χ1) is 10.6. The number of nitrogens with zero attached hydrogens (tertiary/aromatic N) is 2. The molecule has 0 spiro atoms. The third kappa shape index (κ3) is 8.54. The van der Waals surface area contributed by atoms with Gasteiger partial charge in [-0.3, -0.25) is 4.99 Å². The van der Waals surface area contributed by atoms with E-state index in [0.29, 0.717) is 12.6 Å². The van der Waals surface area contributed by atoms with Gasteiger partial charge in [0.15, 0.2) is 5.96 Å². The van der Waals surface area contributed by atoms with E-state index < -0.39 is 5.60 Å². The molecule has 0 saturated carbocycles. The largest absolute Gasteiger partial charge is 0.388 e. The highest BCUT2D eigenvalue weighted by molar-refractivity contribution is 14.0. The van der Waals surface area contributed by atoms with Crippen LogP contribution in [0.4, 0.5) is 0 Å².